The minimum Gasteiger partial charge on any atom is -0.493 e. The number of β-amino-alcohol motifs (C(OH)–C–C–N with tert-alkyl or cyclic N) is 1. The Bertz CT molecular complexity index is 3070. The molecule has 8 rings (SSSR count). The predicted octanol–water partition coefficient (Wildman–Crippen LogP) is 7.66. The first-order valence-electron chi connectivity index (χ1n) is 24.5. The number of aromatic nitrogens is 2. The van der Waals surface area contributed by atoms with Crippen molar-refractivity contribution >= 4 is 63.2 Å². The second-order valence-electron chi connectivity index (χ2n) is 19.6. The lowest BCUT2D eigenvalue weighted by Crippen LogP contribution is -2.57. The summed E-state index contributed by atoms with van der Waals surface area (Å²) in [6, 6.07) is 19.6. The number of fused-ring (bicyclic) bond motifs is 1. The molecule has 5 amide bonds. The highest BCUT2D eigenvalue weighted by Gasteiger charge is 2.57. The normalized spacial score (nSPS) is 16.2. The molecule has 2 fully saturated rings. The molecule has 1 saturated carbocycles. The van der Waals surface area contributed by atoms with Crippen molar-refractivity contribution in [1.29, 1.82) is 0 Å². The molecule has 1 saturated heterocycles. The van der Waals surface area contributed by atoms with Crippen LogP contribution in [0.25, 0.3) is 21.3 Å². The summed E-state index contributed by atoms with van der Waals surface area (Å²) in [6.07, 6.45) is 1.53. The van der Waals surface area contributed by atoms with Crippen LogP contribution >= 0.6 is 11.3 Å². The molecule has 75 heavy (non-hydrogen) atoms. The van der Waals surface area contributed by atoms with Crippen LogP contribution in [0.5, 0.6) is 23.0 Å². The zero-order valence-corrected chi connectivity index (χ0v) is 43.0. The Morgan fingerprint density at radius 1 is 0.907 bits per heavy atom. The highest BCUT2D eigenvalue weighted by atomic mass is 32.1. The van der Waals surface area contributed by atoms with E-state index in [9.17, 15) is 33.5 Å². The number of hydrogen-bond donors (Lipinski definition) is 4. The number of benzene rings is 4. The van der Waals surface area contributed by atoms with Gasteiger partial charge in [0, 0.05) is 68.4 Å². The molecule has 4 aromatic carbocycles. The second-order valence-corrected chi connectivity index (χ2v) is 20.5. The average molecular weight is 1050 g/mol. The molecule has 1 aliphatic heterocycles. The van der Waals surface area contributed by atoms with E-state index in [1.807, 2.05) is 52.0 Å². The maximum atomic E-state index is 15.9. The number of thiazole rings is 1. The standard InChI is InChI=1S/C55H59F2N7O10S/c1-32-48(75-31-61-32)34-9-7-33(8-10-34)29-60-50(67)42-26-38(65)30-63(42)51(68)49(54(2,3)4)62-47(66)18-24-72-22-6-23-73-46-28-41-39(27-45(46)71-5)43(17-21-59-41)74-44-16-15-37(25-40(44)57)64(36-13-11-35(56)12-14-36)53(70)55(19-20-55)52(58)69/h7-17,21,25,27-28,31,38,42,49,65H,6,18-20,22-24,26,29-30H2,1-5H3,(H2,58,69)(H,60,67)(H,62,66)/t38-,42-,49?/m0/s1. The highest BCUT2D eigenvalue weighted by molar-refractivity contribution is 7.13. The number of anilines is 2. The molecule has 0 bridgehead atoms. The summed E-state index contributed by atoms with van der Waals surface area (Å²) in [4.78, 5) is 79.1. The highest BCUT2D eigenvalue weighted by Crippen LogP contribution is 2.49. The van der Waals surface area contributed by atoms with E-state index in [0.29, 0.717) is 28.8 Å². The van der Waals surface area contributed by atoms with Gasteiger partial charge in [0.1, 0.15) is 29.1 Å². The van der Waals surface area contributed by atoms with Crippen molar-refractivity contribution in [2.24, 2.45) is 16.6 Å². The van der Waals surface area contributed by atoms with E-state index >= 15 is 4.39 Å². The lowest BCUT2D eigenvalue weighted by molar-refractivity contribution is -0.144. The summed E-state index contributed by atoms with van der Waals surface area (Å²) < 4.78 is 53.2. The number of carbonyl (C=O) groups is 5. The molecule has 0 radical (unpaired) electrons. The van der Waals surface area contributed by atoms with Gasteiger partial charge in [-0.05, 0) is 84.8 Å². The predicted molar refractivity (Wildman–Crippen MR) is 276 cm³/mol. The molecule has 2 aromatic heterocycles. The molecular formula is C55H59F2N7O10S. The Kier molecular flexibility index (Phi) is 16.4. The van der Waals surface area contributed by atoms with Crippen molar-refractivity contribution < 1.29 is 56.8 Å². The second kappa shape index (κ2) is 22.9. The number of ether oxygens (including phenoxy) is 4. The number of aliphatic hydroxyl groups excluding tert-OH is 1. The molecule has 3 heterocycles. The Morgan fingerprint density at radius 2 is 1.64 bits per heavy atom. The molecule has 20 heteroatoms. The number of amides is 5. The number of aryl methyl sites for hydroxylation is 1. The fourth-order valence-corrected chi connectivity index (χ4v) is 9.63. The van der Waals surface area contributed by atoms with Crippen LogP contribution in [0.1, 0.15) is 64.1 Å². The topological polar surface area (TPSA) is 225 Å². The van der Waals surface area contributed by atoms with Gasteiger partial charge in [0.2, 0.25) is 29.5 Å². The number of hydrogen-bond acceptors (Lipinski definition) is 13. The van der Waals surface area contributed by atoms with Crippen LogP contribution < -0.4 is 35.5 Å². The monoisotopic (exact) mass is 1050 g/mol. The maximum absolute atomic E-state index is 15.9. The largest absolute Gasteiger partial charge is 0.493 e. The van der Waals surface area contributed by atoms with Gasteiger partial charge < -0.3 is 45.3 Å². The number of nitrogens with zero attached hydrogens (tertiary/aromatic N) is 4. The minimum atomic E-state index is -1.44. The van der Waals surface area contributed by atoms with E-state index in [1.54, 1.807) is 35.0 Å². The molecule has 1 unspecified atom stereocenters. The first-order valence-corrected chi connectivity index (χ1v) is 25.3. The minimum absolute atomic E-state index is 0.0388. The lowest BCUT2D eigenvalue weighted by atomic mass is 9.85. The summed E-state index contributed by atoms with van der Waals surface area (Å²) in [5.41, 5.74) is 8.82. The maximum Gasteiger partial charge on any atom is 0.247 e. The Balaban J connectivity index is 0.815. The van der Waals surface area contributed by atoms with Gasteiger partial charge in [-0.1, -0.05) is 45.0 Å². The van der Waals surface area contributed by atoms with Crippen LogP contribution in [0, 0.1) is 29.4 Å². The van der Waals surface area contributed by atoms with Crippen LogP contribution in [0.2, 0.25) is 0 Å². The number of aliphatic hydroxyl groups is 1. The number of rotatable bonds is 21. The van der Waals surface area contributed by atoms with Crippen LogP contribution in [0.4, 0.5) is 20.2 Å². The van der Waals surface area contributed by atoms with Crippen LogP contribution in [0.15, 0.2) is 96.6 Å². The van der Waals surface area contributed by atoms with Gasteiger partial charge in [0.25, 0.3) is 0 Å². The number of likely N-dealkylation sites (tertiary alicyclic amines) is 1. The first kappa shape index (κ1) is 53.7. The van der Waals surface area contributed by atoms with Gasteiger partial charge in [0.05, 0.1) is 53.7 Å². The number of nitrogens with two attached hydrogens (primary N) is 1. The third-order valence-corrected chi connectivity index (χ3v) is 14.2. The fourth-order valence-electron chi connectivity index (χ4n) is 8.82. The van der Waals surface area contributed by atoms with Crippen molar-refractivity contribution in [1.82, 2.24) is 25.5 Å². The smallest absolute Gasteiger partial charge is 0.247 e. The van der Waals surface area contributed by atoms with Crippen LogP contribution in [-0.4, -0.2) is 101 Å². The van der Waals surface area contributed by atoms with Gasteiger partial charge in [-0.15, -0.1) is 11.3 Å². The molecule has 6 aromatic rings. The quantitative estimate of drug-likeness (QED) is 0.0403. The Labute approximate surface area is 436 Å². The van der Waals surface area contributed by atoms with Gasteiger partial charge in [-0.2, -0.15) is 0 Å². The van der Waals surface area contributed by atoms with Gasteiger partial charge in [-0.25, -0.2) is 13.8 Å². The summed E-state index contributed by atoms with van der Waals surface area (Å²) in [5, 5.41) is 16.8. The summed E-state index contributed by atoms with van der Waals surface area (Å²) in [7, 11) is 1.46. The van der Waals surface area contributed by atoms with Crippen LogP contribution in [-0.2, 0) is 35.3 Å². The number of methoxy groups -OCH3 is 1. The summed E-state index contributed by atoms with van der Waals surface area (Å²) >= 11 is 1.56. The van der Waals surface area contributed by atoms with E-state index in [2.05, 4.69) is 20.6 Å². The number of nitrogens with one attached hydrogen (secondary N) is 2. The van der Waals surface area contributed by atoms with Gasteiger partial charge >= 0.3 is 0 Å². The van der Waals surface area contributed by atoms with E-state index in [0.717, 1.165) is 44.8 Å². The zero-order valence-electron chi connectivity index (χ0n) is 42.2. The van der Waals surface area contributed by atoms with E-state index < -0.39 is 70.2 Å². The average Bonchev–Trinajstić information content (AvgIpc) is 3.96. The Hall–Kier alpha value is -7.55. The fraction of sp³-hybridized carbons (Fsp3) is 0.364. The van der Waals surface area contributed by atoms with Gasteiger partial charge in [0.15, 0.2) is 23.1 Å². The zero-order chi connectivity index (χ0) is 53.6. The van der Waals surface area contributed by atoms with E-state index in [4.69, 9.17) is 24.7 Å². The van der Waals surface area contributed by atoms with Crippen molar-refractivity contribution in [3.05, 3.63) is 120 Å². The third-order valence-electron chi connectivity index (χ3n) is 13.2. The number of pyridine rings is 1. The lowest BCUT2D eigenvalue weighted by Gasteiger charge is -2.35. The molecule has 3 atom stereocenters. The van der Waals surface area contributed by atoms with Gasteiger partial charge in [-0.3, -0.25) is 33.9 Å². The molecule has 1 aliphatic carbocycles. The SMILES string of the molecule is COc1cc2c(Oc3ccc(N(C(=O)C4(C(N)=O)CC4)c4ccc(F)cc4)cc3F)ccnc2cc1OCCCOCCC(=O)NC(C(=O)N1C[C@@H](O)C[C@H]1C(=O)NCc1ccc(-c2scnc2C)cc1)C(C)(C)C. The third kappa shape index (κ3) is 12.4. The van der Waals surface area contributed by atoms with Crippen molar-refractivity contribution in [3.63, 3.8) is 0 Å². The first-order chi connectivity index (χ1) is 35.9. The molecule has 2 aliphatic rings. The molecule has 5 N–H and O–H groups in total. The number of primary amides is 1. The summed E-state index contributed by atoms with van der Waals surface area (Å²) in [5.74, 6) is -3.31. The van der Waals surface area contributed by atoms with Crippen LogP contribution in [0.3, 0.4) is 0 Å². The molecular weight excluding hydrogens is 989 g/mol. The number of carbonyl (C=O) groups excluding carboxylic acids is 5. The van der Waals surface area contributed by atoms with Crippen molar-refractivity contribution in [2.75, 3.05) is 38.4 Å². The molecule has 394 valence electrons. The Morgan fingerprint density at radius 3 is 2.29 bits per heavy atom. The van der Waals surface area contributed by atoms with E-state index in [-0.39, 0.29) is 81.5 Å². The molecule has 17 nitrogen and oxygen atoms in total. The summed E-state index contributed by atoms with van der Waals surface area (Å²) in [6.45, 7) is 8.10. The van der Waals surface area contributed by atoms with Crippen molar-refractivity contribution in [3.8, 4) is 33.4 Å². The van der Waals surface area contributed by atoms with E-state index in [1.165, 1.54) is 42.5 Å². The van der Waals surface area contributed by atoms with Crippen molar-refractivity contribution in [2.45, 2.75) is 84.5 Å². The molecule has 0 spiro atoms. The number of halogens is 2.